The summed E-state index contributed by atoms with van der Waals surface area (Å²) in [5, 5.41) is 3.32. The van der Waals surface area contributed by atoms with Crippen LogP contribution in [-0.4, -0.2) is 68.3 Å². The SMILES string of the molecule is FC(F)(F)CN1CCN(CC2CCNC2)CC1. The number of hydrogen-bond acceptors (Lipinski definition) is 3. The fourth-order valence-electron chi connectivity index (χ4n) is 2.62. The minimum Gasteiger partial charge on any atom is -0.316 e. The average Bonchev–Trinajstić information content (AvgIpc) is 2.71. The molecular weight excluding hydrogens is 231 g/mol. The average molecular weight is 251 g/mol. The molecule has 3 nitrogen and oxygen atoms in total. The van der Waals surface area contributed by atoms with Gasteiger partial charge in [-0.3, -0.25) is 4.90 Å². The van der Waals surface area contributed by atoms with Crippen molar-refractivity contribution in [3.63, 3.8) is 0 Å². The molecule has 2 saturated heterocycles. The lowest BCUT2D eigenvalue weighted by molar-refractivity contribution is -0.149. The van der Waals surface area contributed by atoms with Crippen LogP contribution in [0.5, 0.6) is 0 Å². The second-order valence-corrected chi connectivity index (χ2v) is 5.05. The second-order valence-electron chi connectivity index (χ2n) is 5.05. The standard InChI is InChI=1S/C11H20F3N3/c12-11(13,14)9-17-5-3-16(4-6-17)8-10-1-2-15-7-10/h10,15H,1-9H2. The van der Waals surface area contributed by atoms with E-state index in [1.807, 2.05) is 0 Å². The summed E-state index contributed by atoms with van der Waals surface area (Å²) >= 11 is 0. The van der Waals surface area contributed by atoms with Crippen molar-refractivity contribution in [3.05, 3.63) is 0 Å². The molecule has 0 aliphatic carbocycles. The molecule has 2 aliphatic rings. The molecule has 100 valence electrons. The third kappa shape index (κ3) is 4.44. The maximum Gasteiger partial charge on any atom is 0.401 e. The first kappa shape index (κ1) is 13.1. The summed E-state index contributed by atoms with van der Waals surface area (Å²) in [7, 11) is 0. The van der Waals surface area contributed by atoms with Gasteiger partial charge in [-0.15, -0.1) is 0 Å². The minimum absolute atomic E-state index is 0.541. The van der Waals surface area contributed by atoms with Crippen LogP contribution in [0, 0.1) is 5.92 Å². The lowest BCUT2D eigenvalue weighted by atomic mass is 10.1. The molecule has 0 radical (unpaired) electrons. The summed E-state index contributed by atoms with van der Waals surface area (Å²) in [6.45, 7) is 5.04. The molecule has 0 aromatic rings. The molecule has 2 fully saturated rings. The first-order chi connectivity index (χ1) is 8.03. The normalized spacial score (nSPS) is 28.8. The number of hydrogen-bond donors (Lipinski definition) is 1. The van der Waals surface area contributed by atoms with Crippen LogP contribution in [0.1, 0.15) is 6.42 Å². The summed E-state index contributed by atoms with van der Waals surface area (Å²) in [6, 6.07) is 0. The molecular formula is C11H20F3N3. The Morgan fingerprint density at radius 1 is 1.06 bits per heavy atom. The van der Waals surface area contributed by atoms with Gasteiger partial charge in [0.2, 0.25) is 0 Å². The van der Waals surface area contributed by atoms with E-state index in [1.165, 1.54) is 11.3 Å². The highest BCUT2D eigenvalue weighted by Crippen LogP contribution is 2.18. The van der Waals surface area contributed by atoms with Gasteiger partial charge in [0.15, 0.2) is 0 Å². The summed E-state index contributed by atoms with van der Waals surface area (Å²) in [5.74, 6) is 0.684. The molecule has 1 atom stereocenters. The first-order valence-corrected chi connectivity index (χ1v) is 6.25. The van der Waals surface area contributed by atoms with E-state index in [9.17, 15) is 13.2 Å². The van der Waals surface area contributed by atoms with Gasteiger partial charge in [-0.1, -0.05) is 0 Å². The molecule has 0 aromatic heterocycles. The van der Waals surface area contributed by atoms with Crippen molar-refractivity contribution in [1.29, 1.82) is 0 Å². The summed E-state index contributed by atoms with van der Waals surface area (Å²) in [5.41, 5.74) is 0. The van der Waals surface area contributed by atoms with Crippen molar-refractivity contribution >= 4 is 0 Å². The Hall–Kier alpha value is -0.330. The lowest BCUT2D eigenvalue weighted by Crippen LogP contribution is -2.50. The van der Waals surface area contributed by atoms with Gasteiger partial charge in [0.1, 0.15) is 0 Å². The van der Waals surface area contributed by atoms with Crippen LogP contribution in [0.4, 0.5) is 13.2 Å². The molecule has 6 heteroatoms. The molecule has 0 saturated carbocycles. The number of piperazine rings is 1. The van der Waals surface area contributed by atoms with Crippen molar-refractivity contribution in [2.75, 3.05) is 52.4 Å². The van der Waals surface area contributed by atoms with Crippen LogP contribution in [0.2, 0.25) is 0 Å². The summed E-state index contributed by atoms with van der Waals surface area (Å²) in [6.07, 6.45) is -2.86. The lowest BCUT2D eigenvalue weighted by Gasteiger charge is -2.36. The zero-order valence-corrected chi connectivity index (χ0v) is 9.97. The largest absolute Gasteiger partial charge is 0.401 e. The Morgan fingerprint density at radius 2 is 1.71 bits per heavy atom. The van der Waals surface area contributed by atoms with Crippen molar-refractivity contribution in [1.82, 2.24) is 15.1 Å². The highest BCUT2D eigenvalue weighted by molar-refractivity contribution is 4.79. The van der Waals surface area contributed by atoms with Gasteiger partial charge in [0.05, 0.1) is 6.54 Å². The Morgan fingerprint density at radius 3 is 2.24 bits per heavy atom. The number of alkyl halides is 3. The molecule has 0 bridgehead atoms. The van der Waals surface area contributed by atoms with Crippen LogP contribution in [0.25, 0.3) is 0 Å². The van der Waals surface area contributed by atoms with Gasteiger partial charge in [-0.2, -0.15) is 13.2 Å². The first-order valence-electron chi connectivity index (χ1n) is 6.25. The molecule has 2 rings (SSSR count). The highest BCUT2D eigenvalue weighted by atomic mass is 19.4. The second kappa shape index (κ2) is 5.54. The zero-order chi connectivity index (χ0) is 12.3. The molecule has 0 amide bonds. The number of halogens is 3. The molecule has 1 N–H and O–H groups in total. The summed E-state index contributed by atoms with van der Waals surface area (Å²) in [4.78, 5) is 3.80. The monoisotopic (exact) mass is 251 g/mol. The molecule has 17 heavy (non-hydrogen) atoms. The van der Waals surface area contributed by atoms with Crippen LogP contribution >= 0.6 is 0 Å². The van der Waals surface area contributed by atoms with Gasteiger partial charge in [0.25, 0.3) is 0 Å². The Kier molecular flexibility index (Phi) is 4.27. The van der Waals surface area contributed by atoms with Gasteiger partial charge >= 0.3 is 6.18 Å². The highest BCUT2D eigenvalue weighted by Gasteiger charge is 2.32. The van der Waals surface area contributed by atoms with Crippen LogP contribution in [0.15, 0.2) is 0 Å². The smallest absolute Gasteiger partial charge is 0.316 e. The van der Waals surface area contributed by atoms with E-state index in [2.05, 4.69) is 10.2 Å². The van der Waals surface area contributed by atoms with Crippen LogP contribution < -0.4 is 5.32 Å². The van der Waals surface area contributed by atoms with Crippen molar-refractivity contribution in [2.45, 2.75) is 12.6 Å². The van der Waals surface area contributed by atoms with Gasteiger partial charge in [-0.05, 0) is 25.4 Å². The Labute approximate surface area is 99.9 Å². The third-order valence-electron chi connectivity index (χ3n) is 3.55. The van der Waals surface area contributed by atoms with E-state index in [0.29, 0.717) is 19.0 Å². The molecule has 0 aromatic carbocycles. The molecule has 2 heterocycles. The van der Waals surface area contributed by atoms with E-state index in [0.717, 1.165) is 32.7 Å². The van der Waals surface area contributed by atoms with E-state index in [1.54, 1.807) is 0 Å². The van der Waals surface area contributed by atoms with Crippen LogP contribution in [-0.2, 0) is 0 Å². The number of nitrogens with zero attached hydrogens (tertiary/aromatic N) is 2. The van der Waals surface area contributed by atoms with Gasteiger partial charge < -0.3 is 10.2 Å². The van der Waals surface area contributed by atoms with Gasteiger partial charge in [-0.25, -0.2) is 0 Å². The summed E-state index contributed by atoms with van der Waals surface area (Å²) < 4.78 is 36.6. The zero-order valence-electron chi connectivity index (χ0n) is 9.97. The number of rotatable bonds is 3. The van der Waals surface area contributed by atoms with Crippen LogP contribution in [0.3, 0.4) is 0 Å². The topological polar surface area (TPSA) is 18.5 Å². The third-order valence-corrected chi connectivity index (χ3v) is 3.55. The fourth-order valence-corrected chi connectivity index (χ4v) is 2.62. The maximum atomic E-state index is 12.2. The maximum absolute atomic E-state index is 12.2. The van der Waals surface area contributed by atoms with E-state index >= 15 is 0 Å². The predicted octanol–water partition coefficient (Wildman–Crippen LogP) is 0.776. The molecule has 1 unspecified atom stereocenters. The molecule has 0 spiro atoms. The van der Waals surface area contributed by atoms with E-state index < -0.39 is 12.7 Å². The predicted molar refractivity (Wildman–Crippen MR) is 59.9 cm³/mol. The van der Waals surface area contributed by atoms with E-state index in [-0.39, 0.29) is 0 Å². The number of nitrogens with one attached hydrogen (secondary N) is 1. The van der Waals surface area contributed by atoms with Crippen molar-refractivity contribution < 1.29 is 13.2 Å². The Bertz CT molecular complexity index is 231. The van der Waals surface area contributed by atoms with Crippen molar-refractivity contribution in [2.24, 2.45) is 5.92 Å². The molecule has 2 aliphatic heterocycles. The van der Waals surface area contributed by atoms with E-state index in [4.69, 9.17) is 0 Å². The van der Waals surface area contributed by atoms with Gasteiger partial charge in [0, 0.05) is 32.7 Å². The van der Waals surface area contributed by atoms with Crippen molar-refractivity contribution in [3.8, 4) is 0 Å². The fraction of sp³-hybridized carbons (Fsp3) is 1.00. The Balaban J connectivity index is 1.67. The minimum atomic E-state index is -4.06. The quantitative estimate of drug-likeness (QED) is 0.799.